The van der Waals surface area contributed by atoms with Gasteiger partial charge < -0.3 is 5.32 Å². The molecular formula is C20H22FN3OS. The Morgan fingerprint density at radius 2 is 1.92 bits per heavy atom. The van der Waals surface area contributed by atoms with Crippen LogP contribution in [0.4, 0.5) is 10.1 Å². The Bertz CT molecular complexity index is 922. The molecule has 3 aromatic rings. The third-order valence-corrected chi connectivity index (χ3v) is 5.07. The molecule has 0 aliphatic heterocycles. The van der Waals surface area contributed by atoms with Crippen molar-refractivity contribution in [3.05, 3.63) is 71.8 Å². The van der Waals surface area contributed by atoms with Crippen molar-refractivity contribution in [2.75, 3.05) is 11.6 Å². The molecule has 0 spiro atoms. The van der Waals surface area contributed by atoms with Gasteiger partial charge in [-0.25, -0.2) is 9.07 Å². The molecule has 0 bridgehead atoms. The summed E-state index contributed by atoms with van der Waals surface area (Å²) in [6, 6.07) is 14.6. The van der Waals surface area contributed by atoms with E-state index >= 15 is 0 Å². The van der Waals surface area contributed by atoms with Gasteiger partial charge in [0.15, 0.2) is 0 Å². The first-order valence-electron chi connectivity index (χ1n) is 8.46. The van der Waals surface area contributed by atoms with Crippen LogP contribution in [0.5, 0.6) is 0 Å². The topological polar surface area (TPSA) is 46.9 Å². The SMILES string of the molecule is CC(C)c1nn(-c2ccccc2)cc1CNc1ccc([S@@](C)=O)c(F)c1. The average Bonchev–Trinajstić information content (AvgIpc) is 3.05. The summed E-state index contributed by atoms with van der Waals surface area (Å²) in [6.07, 6.45) is 3.47. The Balaban J connectivity index is 1.82. The van der Waals surface area contributed by atoms with Crippen molar-refractivity contribution in [2.24, 2.45) is 0 Å². The van der Waals surface area contributed by atoms with Gasteiger partial charge in [-0.2, -0.15) is 5.10 Å². The maximum absolute atomic E-state index is 14.0. The van der Waals surface area contributed by atoms with Crippen LogP contribution in [0, 0.1) is 5.82 Å². The maximum atomic E-state index is 14.0. The Hall–Kier alpha value is -2.47. The lowest BCUT2D eigenvalue weighted by molar-refractivity contribution is 0.596. The van der Waals surface area contributed by atoms with Gasteiger partial charge in [0.2, 0.25) is 0 Å². The summed E-state index contributed by atoms with van der Waals surface area (Å²) < 4.78 is 27.3. The average molecular weight is 371 g/mol. The zero-order valence-electron chi connectivity index (χ0n) is 15.1. The number of aromatic nitrogens is 2. The van der Waals surface area contributed by atoms with Crippen LogP contribution in [-0.2, 0) is 17.3 Å². The monoisotopic (exact) mass is 371 g/mol. The molecule has 4 nitrogen and oxygen atoms in total. The minimum atomic E-state index is -1.33. The van der Waals surface area contributed by atoms with Gasteiger partial charge in [0.05, 0.1) is 27.1 Å². The Labute approximate surface area is 155 Å². The van der Waals surface area contributed by atoms with Crippen molar-refractivity contribution in [3.8, 4) is 5.69 Å². The first-order chi connectivity index (χ1) is 12.5. The first-order valence-corrected chi connectivity index (χ1v) is 10.0. The molecule has 0 radical (unpaired) electrons. The second-order valence-corrected chi connectivity index (χ2v) is 7.78. The summed E-state index contributed by atoms with van der Waals surface area (Å²) in [5.74, 6) is -0.182. The minimum absolute atomic E-state index is 0.218. The highest BCUT2D eigenvalue weighted by atomic mass is 32.2. The molecule has 0 saturated carbocycles. The summed E-state index contributed by atoms with van der Waals surface area (Å²) in [4.78, 5) is 0.218. The van der Waals surface area contributed by atoms with Gasteiger partial charge in [-0.1, -0.05) is 32.0 Å². The van der Waals surface area contributed by atoms with Gasteiger partial charge in [-0.3, -0.25) is 4.21 Å². The molecule has 26 heavy (non-hydrogen) atoms. The van der Waals surface area contributed by atoms with Crippen molar-refractivity contribution in [3.63, 3.8) is 0 Å². The van der Waals surface area contributed by atoms with Crippen molar-refractivity contribution in [2.45, 2.75) is 31.2 Å². The van der Waals surface area contributed by atoms with E-state index < -0.39 is 16.6 Å². The molecule has 1 atom stereocenters. The number of para-hydroxylation sites is 1. The highest BCUT2D eigenvalue weighted by Crippen LogP contribution is 2.22. The number of nitrogens with one attached hydrogen (secondary N) is 1. The van der Waals surface area contributed by atoms with E-state index in [1.54, 1.807) is 12.1 Å². The summed E-state index contributed by atoms with van der Waals surface area (Å²) in [5, 5.41) is 7.95. The number of nitrogens with zero attached hydrogens (tertiary/aromatic N) is 2. The van der Waals surface area contributed by atoms with Crippen LogP contribution in [0.15, 0.2) is 59.6 Å². The van der Waals surface area contributed by atoms with Gasteiger partial charge in [0.25, 0.3) is 0 Å². The molecule has 6 heteroatoms. The van der Waals surface area contributed by atoms with E-state index in [2.05, 4.69) is 19.2 Å². The Morgan fingerprint density at radius 3 is 2.54 bits per heavy atom. The second kappa shape index (κ2) is 7.83. The molecule has 0 unspecified atom stereocenters. The molecule has 0 aliphatic rings. The van der Waals surface area contributed by atoms with E-state index in [0.29, 0.717) is 12.2 Å². The summed E-state index contributed by atoms with van der Waals surface area (Å²) in [7, 11) is -1.33. The number of anilines is 1. The maximum Gasteiger partial charge on any atom is 0.141 e. The molecular weight excluding hydrogens is 349 g/mol. The molecule has 136 valence electrons. The molecule has 1 N–H and O–H groups in total. The lowest BCUT2D eigenvalue weighted by Crippen LogP contribution is -2.03. The van der Waals surface area contributed by atoms with Gasteiger partial charge in [0, 0.05) is 30.2 Å². The fraction of sp³-hybridized carbons (Fsp3) is 0.250. The van der Waals surface area contributed by atoms with Crippen LogP contribution < -0.4 is 5.32 Å². The van der Waals surface area contributed by atoms with Gasteiger partial charge in [0.1, 0.15) is 5.82 Å². The standard InChI is InChI=1S/C20H22FN3OS/c1-14(2)20-15(13-24(23-20)17-7-5-4-6-8-17)12-22-16-9-10-19(26(3)25)18(21)11-16/h4-11,13-14,22H,12H2,1-3H3/t26-/m1/s1. The number of hydrogen-bond donors (Lipinski definition) is 1. The lowest BCUT2D eigenvalue weighted by atomic mass is 10.1. The minimum Gasteiger partial charge on any atom is -0.381 e. The molecule has 2 aromatic carbocycles. The Kier molecular flexibility index (Phi) is 5.52. The normalized spacial score (nSPS) is 12.3. The van der Waals surface area contributed by atoms with E-state index in [1.165, 1.54) is 12.3 Å². The number of halogens is 1. The van der Waals surface area contributed by atoms with E-state index in [0.717, 1.165) is 16.9 Å². The number of rotatable bonds is 6. The van der Waals surface area contributed by atoms with E-state index in [4.69, 9.17) is 5.10 Å². The second-order valence-electron chi connectivity index (χ2n) is 6.43. The van der Waals surface area contributed by atoms with E-state index in [1.807, 2.05) is 41.2 Å². The van der Waals surface area contributed by atoms with Crippen LogP contribution in [0.1, 0.15) is 31.0 Å². The fourth-order valence-electron chi connectivity index (χ4n) is 2.80. The van der Waals surface area contributed by atoms with Crippen molar-refractivity contribution < 1.29 is 8.60 Å². The quantitative estimate of drug-likeness (QED) is 0.695. The lowest BCUT2D eigenvalue weighted by Gasteiger charge is -2.09. The van der Waals surface area contributed by atoms with Gasteiger partial charge in [-0.05, 0) is 36.2 Å². The zero-order valence-corrected chi connectivity index (χ0v) is 15.9. The summed E-state index contributed by atoms with van der Waals surface area (Å²) in [5.41, 5.74) is 3.72. The van der Waals surface area contributed by atoms with Gasteiger partial charge in [-0.15, -0.1) is 0 Å². The molecule has 1 heterocycles. The first kappa shape index (κ1) is 18.3. The van der Waals surface area contributed by atoms with Gasteiger partial charge >= 0.3 is 0 Å². The Morgan fingerprint density at radius 1 is 1.19 bits per heavy atom. The zero-order chi connectivity index (χ0) is 18.7. The summed E-state index contributed by atoms with van der Waals surface area (Å²) >= 11 is 0. The largest absolute Gasteiger partial charge is 0.381 e. The van der Waals surface area contributed by atoms with Crippen molar-refractivity contribution >= 4 is 16.5 Å². The smallest absolute Gasteiger partial charge is 0.141 e. The van der Waals surface area contributed by atoms with Crippen molar-refractivity contribution in [1.29, 1.82) is 0 Å². The molecule has 0 aliphatic carbocycles. The summed E-state index contributed by atoms with van der Waals surface area (Å²) in [6.45, 7) is 4.74. The van der Waals surface area contributed by atoms with Crippen LogP contribution >= 0.6 is 0 Å². The molecule has 3 rings (SSSR count). The highest BCUT2D eigenvalue weighted by molar-refractivity contribution is 7.84. The van der Waals surface area contributed by atoms with Crippen LogP contribution in [0.25, 0.3) is 5.69 Å². The third-order valence-electron chi connectivity index (χ3n) is 4.11. The van der Waals surface area contributed by atoms with Crippen LogP contribution in [0.2, 0.25) is 0 Å². The predicted octanol–water partition coefficient (Wildman–Crippen LogP) is 4.48. The predicted molar refractivity (Wildman–Crippen MR) is 104 cm³/mol. The van der Waals surface area contributed by atoms with Crippen molar-refractivity contribution in [1.82, 2.24) is 9.78 Å². The fourth-order valence-corrected chi connectivity index (χ4v) is 3.39. The molecule has 0 amide bonds. The third kappa shape index (κ3) is 4.02. The number of benzene rings is 2. The molecule has 1 aromatic heterocycles. The van der Waals surface area contributed by atoms with E-state index in [9.17, 15) is 8.60 Å². The highest BCUT2D eigenvalue weighted by Gasteiger charge is 2.14. The number of hydrogen-bond acceptors (Lipinski definition) is 3. The van der Waals surface area contributed by atoms with Crippen LogP contribution in [0.3, 0.4) is 0 Å². The molecule has 0 fully saturated rings. The van der Waals surface area contributed by atoms with Crippen LogP contribution in [-0.4, -0.2) is 20.2 Å². The van der Waals surface area contributed by atoms with E-state index in [-0.39, 0.29) is 10.8 Å². The molecule has 0 saturated heterocycles.